The smallest absolute Gasteiger partial charge is 0.0936 e. The van der Waals surface area contributed by atoms with E-state index in [9.17, 15) is 0 Å². The van der Waals surface area contributed by atoms with Crippen molar-refractivity contribution in [3.63, 3.8) is 0 Å². The zero-order valence-electron chi connectivity index (χ0n) is 9.82. The van der Waals surface area contributed by atoms with Crippen LogP contribution in [0.5, 0.6) is 0 Å². The highest BCUT2D eigenvalue weighted by Crippen LogP contribution is 2.11. The minimum Gasteiger partial charge on any atom is -0.379 e. The third kappa shape index (κ3) is 5.23. The summed E-state index contributed by atoms with van der Waals surface area (Å²) in [7, 11) is 0. The molecule has 3 aliphatic heterocycles. The van der Waals surface area contributed by atoms with E-state index < -0.39 is 0 Å². The van der Waals surface area contributed by atoms with Gasteiger partial charge in [0.1, 0.15) is 0 Å². The predicted molar refractivity (Wildman–Crippen MR) is 60.7 cm³/mol. The Morgan fingerprint density at radius 2 is 1.62 bits per heavy atom. The van der Waals surface area contributed by atoms with Crippen molar-refractivity contribution in [2.45, 2.75) is 6.10 Å². The fraction of sp³-hybridized carbons (Fsp3) is 1.00. The molecule has 0 bridgehead atoms. The van der Waals surface area contributed by atoms with Gasteiger partial charge in [-0.2, -0.15) is 0 Å². The molecule has 0 aromatic carbocycles. The van der Waals surface area contributed by atoms with Crippen LogP contribution in [0, 0.1) is 0 Å². The van der Waals surface area contributed by atoms with Crippen LogP contribution >= 0.6 is 0 Å². The van der Waals surface area contributed by atoms with E-state index in [0.29, 0.717) is 6.10 Å². The average Bonchev–Trinajstić information content (AvgIpc) is 3.17. The van der Waals surface area contributed by atoms with Gasteiger partial charge in [0, 0.05) is 32.7 Å². The van der Waals surface area contributed by atoms with Crippen molar-refractivity contribution in [3.05, 3.63) is 0 Å². The molecule has 1 N–H and O–H groups in total. The Balaban J connectivity index is 0.000000138. The molecule has 5 nitrogen and oxygen atoms in total. The molecule has 0 saturated carbocycles. The summed E-state index contributed by atoms with van der Waals surface area (Å²) >= 11 is 0. The number of hydrogen-bond donors (Lipinski definition) is 1. The van der Waals surface area contributed by atoms with Gasteiger partial charge in [-0.25, -0.2) is 0 Å². The van der Waals surface area contributed by atoms with Crippen molar-refractivity contribution >= 4 is 0 Å². The number of rotatable bonds is 2. The summed E-state index contributed by atoms with van der Waals surface area (Å²) in [4.78, 5) is 2.40. The maximum absolute atomic E-state index is 5.22. The Morgan fingerprint density at radius 1 is 1.00 bits per heavy atom. The lowest BCUT2D eigenvalue weighted by atomic mass is 10.3. The van der Waals surface area contributed by atoms with Gasteiger partial charge in [0.25, 0.3) is 0 Å². The summed E-state index contributed by atoms with van der Waals surface area (Å²) in [6.45, 7) is 9.87. The second-order valence-corrected chi connectivity index (χ2v) is 4.23. The third-order valence-electron chi connectivity index (χ3n) is 2.81. The molecule has 3 aliphatic rings. The van der Waals surface area contributed by atoms with E-state index in [0.717, 1.165) is 65.8 Å². The van der Waals surface area contributed by atoms with Crippen LogP contribution in [0.3, 0.4) is 0 Å². The molecule has 5 heteroatoms. The topological polar surface area (TPSA) is 46.3 Å². The van der Waals surface area contributed by atoms with Crippen LogP contribution in [0.4, 0.5) is 0 Å². The molecular formula is C11H22N2O3. The zero-order valence-corrected chi connectivity index (χ0v) is 9.82. The van der Waals surface area contributed by atoms with E-state index in [1.165, 1.54) is 0 Å². The summed E-state index contributed by atoms with van der Waals surface area (Å²) in [6, 6.07) is 0. The molecule has 3 saturated heterocycles. The zero-order chi connectivity index (χ0) is 11.1. The van der Waals surface area contributed by atoms with E-state index in [2.05, 4.69) is 10.2 Å². The van der Waals surface area contributed by atoms with Gasteiger partial charge in [0.15, 0.2) is 0 Å². The first-order valence-corrected chi connectivity index (χ1v) is 6.15. The maximum Gasteiger partial charge on any atom is 0.0936 e. The monoisotopic (exact) mass is 230 g/mol. The van der Waals surface area contributed by atoms with Crippen molar-refractivity contribution in [3.8, 4) is 0 Å². The summed E-state index contributed by atoms with van der Waals surface area (Å²) < 4.78 is 15.4. The lowest BCUT2D eigenvalue weighted by molar-refractivity contribution is 0.0349. The molecule has 0 spiro atoms. The highest BCUT2D eigenvalue weighted by molar-refractivity contribution is 4.75. The van der Waals surface area contributed by atoms with Crippen LogP contribution < -0.4 is 5.32 Å². The quantitative estimate of drug-likeness (QED) is 0.637. The van der Waals surface area contributed by atoms with Gasteiger partial charge in [-0.15, -0.1) is 0 Å². The van der Waals surface area contributed by atoms with Crippen LogP contribution in [0.25, 0.3) is 0 Å². The molecule has 0 aliphatic carbocycles. The molecule has 3 heterocycles. The minimum absolute atomic E-state index is 0.540. The molecule has 1 atom stereocenters. The van der Waals surface area contributed by atoms with Crippen molar-refractivity contribution in [1.82, 2.24) is 10.2 Å². The van der Waals surface area contributed by atoms with Crippen molar-refractivity contribution in [1.29, 1.82) is 0 Å². The molecular weight excluding hydrogens is 208 g/mol. The molecule has 3 fully saturated rings. The summed E-state index contributed by atoms with van der Waals surface area (Å²) in [5.41, 5.74) is 0. The first kappa shape index (κ1) is 12.3. The first-order chi connectivity index (χ1) is 7.95. The summed E-state index contributed by atoms with van der Waals surface area (Å²) in [5.74, 6) is 0. The maximum atomic E-state index is 5.22. The largest absolute Gasteiger partial charge is 0.379 e. The summed E-state index contributed by atoms with van der Waals surface area (Å²) in [6.07, 6.45) is 0.540. The lowest BCUT2D eigenvalue weighted by Gasteiger charge is -2.25. The fourth-order valence-electron chi connectivity index (χ4n) is 1.76. The fourth-order valence-corrected chi connectivity index (χ4v) is 1.76. The van der Waals surface area contributed by atoms with E-state index >= 15 is 0 Å². The first-order valence-electron chi connectivity index (χ1n) is 6.15. The van der Waals surface area contributed by atoms with Crippen LogP contribution in [0.1, 0.15) is 0 Å². The Kier molecular flexibility index (Phi) is 5.51. The summed E-state index contributed by atoms with van der Waals surface area (Å²) in [5, 5.41) is 3.16. The highest BCUT2D eigenvalue weighted by atomic mass is 16.6. The van der Waals surface area contributed by atoms with Crippen molar-refractivity contribution in [2.24, 2.45) is 0 Å². The Bertz CT molecular complexity index is 167. The van der Waals surface area contributed by atoms with Gasteiger partial charge in [-0.3, -0.25) is 4.90 Å². The molecule has 3 rings (SSSR count). The van der Waals surface area contributed by atoms with Gasteiger partial charge < -0.3 is 19.5 Å². The molecule has 94 valence electrons. The number of nitrogens with zero attached hydrogens (tertiary/aromatic N) is 1. The Hall–Kier alpha value is -0.200. The van der Waals surface area contributed by atoms with Gasteiger partial charge in [0.05, 0.1) is 39.1 Å². The molecule has 0 aromatic heterocycles. The molecule has 16 heavy (non-hydrogen) atoms. The highest BCUT2D eigenvalue weighted by Gasteiger charge is 2.25. The SMILES string of the molecule is C1CN(C[C@@H]2CO2)CCO1.C1COCCN1. The molecule has 0 aromatic rings. The van der Waals surface area contributed by atoms with E-state index in [4.69, 9.17) is 14.2 Å². The van der Waals surface area contributed by atoms with Gasteiger partial charge in [-0.05, 0) is 0 Å². The minimum atomic E-state index is 0.540. The third-order valence-corrected chi connectivity index (χ3v) is 2.81. The molecule has 0 radical (unpaired) electrons. The standard InChI is InChI=1S/C7H13NO2.C4H9NO/c1-3-9-4-2-8(1)5-7-6-10-7;1-3-6-4-2-5-1/h7H,1-6H2;5H,1-4H2/t7-;/m1./s1. The normalized spacial score (nSPS) is 30.4. The number of hydrogen-bond acceptors (Lipinski definition) is 5. The Morgan fingerprint density at radius 3 is 2.06 bits per heavy atom. The second-order valence-electron chi connectivity index (χ2n) is 4.23. The van der Waals surface area contributed by atoms with Crippen LogP contribution in [0.15, 0.2) is 0 Å². The van der Waals surface area contributed by atoms with Crippen LogP contribution in [-0.2, 0) is 14.2 Å². The van der Waals surface area contributed by atoms with Crippen molar-refractivity contribution in [2.75, 3.05) is 65.8 Å². The molecule has 0 unspecified atom stereocenters. The van der Waals surface area contributed by atoms with E-state index in [-0.39, 0.29) is 0 Å². The lowest BCUT2D eigenvalue weighted by Crippen LogP contribution is -2.38. The number of nitrogens with one attached hydrogen (secondary N) is 1. The van der Waals surface area contributed by atoms with Crippen molar-refractivity contribution < 1.29 is 14.2 Å². The van der Waals surface area contributed by atoms with Gasteiger partial charge in [0.2, 0.25) is 0 Å². The predicted octanol–water partition coefficient (Wildman–Crippen LogP) is -0.676. The average molecular weight is 230 g/mol. The van der Waals surface area contributed by atoms with Gasteiger partial charge in [-0.1, -0.05) is 0 Å². The van der Waals surface area contributed by atoms with Crippen LogP contribution in [0.2, 0.25) is 0 Å². The molecule has 0 amide bonds. The number of epoxide rings is 1. The van der Waals surface area contributed by atoms with E-state index in [1.54, 1.807) is 0 Å². The number of ether oxygens (including phenoxy) is 3. The second kappa shape index (κ2) is 7.19. The van der Waals surface area contributed by atoms with Crippen LogP contribution in [-0.4, -0.2) is 76.8 Å². The Labute approximate surface area is 97.0 Å². The number of morpholine rings is 2. The van der Waals surface area contributed by atoms with Gasteiger partial charge >= 0.3 is 0 Å². The van der Waals surface area contributed by atoms with E-state index in [1.807, 2.05) is 0 Å².